The molecular formula is C17H30N2O. The second kappa shape index (κ2) is 7.84. The lowest BCUT2D eigenvalue weighted by Crippen LogP contribution is -2.23. The molecule has 1 fully saturated rings. The summed E-state index contributed by atoms with van der Waals surface area (Å²) < 4.78 is 7.92. The molecule has 3 heteroatoms. The van der Waals surface area contributed by atoms with Gasteiger partial charge in [0.25, 0.3) is 0 Å². The van der Waals surface area contributed by atoms with Crippen LogP contribution >= 0.6 is 0 Å². The van der Waals surface area contributed by atoms with Crippen LogP contribution in [0.5, 0.6) is 0 Å². The zero-order chi connectivity index (χ0) is 14.4. The van der Waals surface area contributed by atoms with Crippen molar-refractivity contribution in [3.8, 4) is 0 Å². The minimum Gasteiger partial charge on any atom is -0.379 e. The first-order chi connectivity index (χ1) is 9.70. The Kier molecular flexibility index (Phi) is 6.11. The van der Waals surface area contributed by atoms with E-state index < -0.39 is 0 Å². The van der Waals surface area contributed by atoms with Crippen molar-refractivity contribution in [3.63, 3.8) is 0 Å². The van der Waals surface area contributed by atoms with E-state index in [1.54, 1.807) is 0 Å². The topological polar surface area (TPSA) is 26.2 Å². The number of rotatable bonds is 10. The van der Waals surface area contributed by atoms with Crippen LogP contribution in [0.3, 0.4) is 0 Å². The van der Waals surface area contributed by atoms with Gasteiger partial charge in [0.2, 0.25) is 0 Å². The highest BCUT2D eigenvalue weighted by molar-refractivity contribution is 5.18. The first-order valence-corrected chi connectivity index (χ1v) is 8.17. The van der Waals surface area contributed by atoms with Crippen molar-refractivity contribution in [2.75, 3.05) is 19.8 Å². The number of aromatic nitrogens is 1. The Balaban J connectivity index is 1.80. The van der Waals surface area contributed by atoms with E-state index >= 15 is 0 Å². The fourth-order valence-corrected chi connectivity index (χ4v) is 2.56. The summed E-state index contributed by atoms with van der Waals surface area (Å²) in [4.78, 5) is 0. The summed E-state index contributed by atoms with van der Waals surface area (Å²) >= 11 is 0. The molecule has 1 N–H and O–H groups in total. The van der Waals surface area contributed by atoms with E-state index in [0.717, 1.165) is 32.2 Å². The third-order valence-electron chi connectivity index (χ3n) is 3.79. The molecule has 0 aromatic carbocycles. The Hall–Kier alpha value is -0.800. The van der Waals surface area contributed by atoms with Gasteiger partial charge in [-0.1, -0.05) is 20.8 Å². The molecule has 1 aromatic heterocycles. The van der Waals surface area contributed by atoms with Crippen molar-refractivity contribution in [3.05, 3.63) is 24.0 Å². The fraction of sp³-hybridized carbons (Fsp3) is 0.765. The lowest BCUT2D eigenvalue weighted by atomic mass is 10.1. The maximum atomic E-state index is 5.66. The predicted octanol–water partition coefficient (Wildman–Crippen LogP) is 3.61. The molecule has 1 heterocycles. The number of nitrogens with one attached hydrogen (secondary N) is 1. The molecule has 1 aromatic rings. The molecule has 0 aliphatic heterocycles. The Morgan fingerprint density at radius 1 is 1.40 bits per heavy atom. The molecule has 0 spiro atoms. The van der Waals surface area contributed by atoms with E-state index in [2.05, 4.69) is 49.1 Å². The summed E-state index contributed by atoms with van der Waals surface area (Å²) in [5, 5.41) is 3.70. The number of hydrogen-bond donors (Lipinski definition) is 1. The zero-order valence-corrected chi connectivity index (χ0v) is 13.3. The average Bonchev–Trinajstić information content (AvgIpc) is 3.14. The maximum Gasteiger partial charge on any atom is 0.0645 e. The second-order valence-electron chi connectivity index (χ2n) is 6.42. The van der Waals surface area contributed by atoms with Gasteiger partial charge in [-0.2, -0.15) is 0 Å². The Labute approximate surface area is 123 Å². The van der Waals surface area contributed by atoms with Crippen LogP contribution in [0.4, 0.5) is 0 Å². The van der Waals surface area contributed by atoms with Crippen LogP contribution in [0, 0.1) is 11.8 Å². The number of ether oxygens (including phenoxy) is 1. The van der Waals surface area contributed by atoms with Crippen LogP contribution in [-0.2, 0) is 11.3 Å². The molecule has 2 rings (SSSR count). The van der Waals surface area contributed by atoms with Gasteiger partial charge < -0.3 is 14.6 Å². The first kappa shape index (κ1) is 15.6. The Bertz CT molecular complexity index is 382. The normalized spacial score (nSPS) is 16.8. The molecule has 0 amide bonds. The lowest BCUT2D eigenvalue weighted by Gasteiger charge is -2.16. The van der Waals surface area contributed by atoms with Crippen molar-refractivity contribution < 1.29 is 4.74 Å². The third kappa shape index (κ3) is 4.95. The smallest absolute Gasteiger partial charge is 0.0645 e. The summed E-state index contributed by atoms with van der Waals surface area (Å²) in [6.07, 6.45) is 8.45. The van der Waals surface area contributed by atoms with Gasteiger partial charge in [-0.3, -0.25) is 0 Å². The van der Waals surface area contributed by atoms with E-state index in [0.29, 0.717) is 12.0 Å². The molecule has 0 bridgehead atoms. The van der Waals surface area contributed by atoms with Crippen LogP contribution in [0.1, 0.15) is 51.6 Å². The zero-order valence-electron chi connectivity index (χ0n) is 13.3. The quantitative estimate of drug-likeness (QED) is 0.662. The molecular weight excluding hydrogens is 248 g/mol. The van der Waals surface area contributed by atoms with Crippen molar-refractivity contribution >= 4 is 0 Å². The standard InChI is InChI=1S/C17H30N2O/c1-4-8-18-17(15-5-6-15)16-7-9-19(12-16)10-11-20-13-14(2)3/h7,9,12,14-15,17-18H,4-6,8,10-11,13H2,1-3H3. The van der Waals surface area contributed by atoms with Crippen molar-refractivity contribution in [2.24, 2.45) is 11.8 Å². The van der Waals surface area contributed by atoms with Crippen LogP contribution < -0.4 is 5.32 Å². The summed E-state index contributed by atoms with van der Waals surface area (Å²) in [6, 6.07) is 2.83. The molecule has 1 saturated carbocycles. The molecule has 3 nitrogen and oxygen atoms in total. The Morgan fingerprint density at radius 2 is 2.20 bits per heavy atom. The highest BCUT2D eigenvalue weighted by Gasteiger charge is 2.32. The number of hydrogen-bond acceptors (Lipinski definition) is 2. The molecule has 0 saturated heterocycles. The molecule has 0 radical (unpaired) electrons. The average molecular weight is 278 g/mol. The summed E-state index contributed by atoms with van der Waals surface area (Å²) in [6.45, 7) is 10.3. The maximum absolute atomic E-state index is 5.66. The van der Waals surface area contributed by atoms with Crippen LogP contribution in [-0.4, -0.2) is 24.3 Å². The largest absolute Gasteiger partial charge is 0.379 e. The van der Waals surface area contributed by atoms with Gasteiger partial charge in [-0.05, 0) is 49.3 Å². The van der Waals surface area contributed by atoms with Crippen LogP contribution in [0.25, 0.3) is 0 Å². The first-order valence-electron chi connectivity index (χ1n) is 8.17. The molecule has 114 valence electrons. The van der Waals surface area contributed by atoms with Gasteiger partial charge in [0, 0.05) is 31.6 Å². The molecule has 1 atom stereocenters. The van der Waals surface area contributed by atoms with E-state index in [1.807, 2.05) is 0 Å². The molecule has 1 aliphatic carbocycles. The van der Waals surface area contributed by atoms with Crippen molar-refractivity contribution in [1.29, 1.82) is 0 Å². The highest BCUT2D eigenvalue weighted by atomic mass is 16.5. The highest BCUT2D eigenvalue weighted by Crippen LogP contribution is 2.41. The molecule has 1 unspecified atom stereocenters. The fourth-order valence-electron chi connectivity index (χ4n) is 2.56. The third-order valence-corrected chi connectivity index (χ3v) is 3.79. The van der Waals surface area contributed by atoms with E-state index in [4.69, 9.17) is 4.74 Å². The van der Waals surface area contributed by atoms with Gasteiger partial charge in [-0.25, -0.2) is 0 Å². The summed E-state index contributed by atoms with van der Waals surface area (Å²) in [7, 11) is 0. The van der Waals surface area contributed by atoms with Gasteiger partial charge in [0.15, 0.2) is 0 Å². The van der Waals surface area contributed by atoms with Crippen molar-refractivity contribution in [1.82, 2.24) is 9.88 Å². The minimum atomic E-state index is 0.563. The van der Waals surface area contributed by atoms with E-state index in [9.17, 15) is 0 Å². The number of nitrogens with zero attached hydrogens (tertiary/aromatic N) is 1. The van der Waals surface area contributed by atoms with Gasteiger partial charge in [-0.15, -0.1) is 0 Å². The monoisotopic (exact) mass is 278 g/mol. The lowest BCUT2D eigenvalue weighted by molar-refractivity contribution is 0.103. The molecule has 1 aliphatic rings. The minimum absolute atomic E-state index is 0.563. The van der Waals surface area contributed by atoms with Crippen LogP contribution in [0.15, 0.2) is 18.5 Å². The van der Waals surface area contributed by atoms with Gasteiger partial charge in [0.1, 0.15) is 0 Å². The SMILES string of the molecule is CCCNC(c1ccn(CCOCC(C)C)c1)C1CC1. The molecule has 20 heavy (non-hydrogen) atoms. The van der Waals surface area contributed by atoms with E-state index in [1.165, 1.54) is 24.8 Å². The van der Waals surface area contributed by atoms with Gasteiger partial charge in [0.05, 0.1) is 6.61 Å². The Morgan fingerprint density at radius 3 is 2.85 bits per heavy atom. The predicted molar refractivity (Wildman–Crippen MR) is 83.8 cm³/mol. The van der Waals surface area contributed by atoms with Gasteiger partial charge >= 0.3 is 0 Å². The van der Waals surface area contributed by atoms with E-state index in [-0.39, 0.29) is 0 Å². The van der Waals surface area contributed by atoms with Crippen molar-refractivity contribution in [2.45, 2.75) is 52.6 Å². The summed E-state index contributed by atoms with van der Waals surface area (Å²) in [5.41, 5.74) is 1.45. The second-order valence-corrected chi connectivity index (χ2v) is 6.42. The summed E-state index contributed by atoms with van der Waals surface area (Å²) in [5.74, 6) is 1.47. The van der Waals surface area contributed by atoms with Crippen LogP contribution in [0.2, 0.25) is 0 Å².